The second kappa shape index (κ2) is 10.5. The van der Waals surface area contributed by atoms with Crippen LogP contribution >= 0.6 is 0 Å². The van der Waals surface area contributed by atoms with Crippen LogP contribution in [0.4, 0.5) is 11.4 Å². The quantitative estimate of drug-likeness (QED) is 0.264. The summed E-state index contributed by atoms with van der Waals surface area (Å²) in [7, 11) is -2.09. The number of nitro groups is 1. The molecule has 0 saturated heterocycles. The molecule has 0 saturated carbocycles. The van der Waals surface area contributed by atoms with E-state index in [4.69, 9.17) is 4.74 Å². The topological polar surface area (TPSA) is 128 Å². The zero-order chi connectivity index (χ0) is 21.3. The molecule has 2 aromatic rings. The SMILES string of the molecule is COCCCNS(=O)(=O)c1ccc(NC(=O)/C=C/c2cccc([N+](=O)[O-])c2)cc1. The number of nitrogens with zero attached hydrogens (tertiary/aromatic N) is 1. The Labute approximate surface area is 168 Å². The van der Waals surface area contributed by atoms with Crippen molar-refractivity contribution >= 4 is 33.4 Å². The number of non-ortho nitro benzene ring substituents is 1. The van der Waals surface area contributed by atoms with Crippen molar-refractivity contribution < 1.29 is 22.9 Å². The van der Waals surface area contributed by atoms with E-state index in [-0.39, 0.29) is 17.1 Å². The minimum Gasteiger partial charge on any atom is -0.385 e. The summed E-state index contributed by atoms with van der Waals surface area (Å²) in [5, 5.41) is 13.4. The van der Waals surface area contributed by atoms with Gasteiger partial charge in [0.2, 0.25) is 15.9 Å². The largest absolute Gasteiger partial charge is 0.385 e. The van der Waals surface area contributed by atoms with Crippen LogP contribution in [0.15, 0.2) is 59.5 Å². The Bertz CT molecular complexity index is 987. The van der Waals surface area contributed by atoms with Crippen LogP contribution in [-0.4, -0.2) is 39.5 Å². The number of carbonyl (C=O) groups is 1. The highest BCUT2D eigenvalue weighted by Crippen LogP contribution is 2.16. The molecule has 0 bridgehead atoms. The van der Waals surface area contributed by atoms with E-state index in [9.17, 15) is 23.3 Å². The molecular formula is C19H21N3O6S. The third-order valence-electron chi connectivity index (χ3n) is 3.76. The third kappa shape index (κ3) is 7.11. The summed E-state index contributed by atoms with van der Waals surface area (Å²) in [5.74, 6) is -0.454. The van der Waals surface area contributed by atoms with Crippen molar-refractivity contribution in [1.29, 1.82) is 0 Å². The number of methoxy groups -OCH3 is 1. The van der Waals surface area contributed by atoms with Gasteiger partial charge < -0.3 is 10.1 Å². The van der Waals surface area contributed by atoms with Gasteiger partial charge in [-0.2, -0.15) is 0 Å². The molecule has 0 radical (unpaired) electrons. The Morgan fingerprint density at radius 1 is 1.21 bits per heavy atom. The lowest BCUT2D eigenvalue weighted by molar-refractivity contribution is -0.384. The highest BCUT2D eigenvalue weighted by Gasteiger charge is 2.13. The maximum absolute atomic E-state index is 12.2. The maximum Gasteiger partial charge on any atom is 0.270 e. The summed E-state index contributed by atoms with van der Waals surface area (Å²) < 4.78 is 31.7. The second-order valence-electron chi connectivity index (χ2n) is 5.94. The molecule has 1 amide bonds. The molecule has 10 heteroatoms. The van der Waals surface area contributed by atoms with E-state index in [1.54, 1.807) is 13.2 Å². The summed E-state index contributed by atoms with van der Waals surface area (Å²) in [6, 6.07) is 11.6. The number of rotatable bonds is 10. The summed E-state index contributed by atoms with van der Waals surface area (Å²) in [4.78, 5) is 22.4. The number of benzene rings is 2. The maximum atomic E-state index is 12.2. The van der Waals surface area contributed by atoms with Gasteiger partial charge in [0.15, 0.2) is 0 Å². The summed E-state index contributed by atoms with van der Waals surface area (Å²) in [6.07, 6.45) is 3.24. The molecule has 0 heterocycles. The number of nitro benzene ring substituents is 1. The fourth-order valence-corrected chi connectivity index (χ4v) is 3.40. The average Bonchev–Trinajstić information content (AvgIpc) is 2.70. The van der Waals surface area contributed by atoms with Crippen LogP contribution in [0.2, 0.25) is 0 Å². The van der Waals surface area contributed by atoms with Gasteiger partial charge in [-0.25, -0.2) is 13.1 Å². The van der Waals surface area contributed by atoms with E-state index in [0.717, 1.165) is 0 Å². The number of amides is 1. The van der Waals surface area contributed by atoms with Crippen molar-refractivity contribution in [2.24, 2.45) is 0 Å². The molecule has 0 atom stereocenters. The van der Waals surface area contributed by atoms with Gasteiger partial charge >= 0.3 is 0 Å². The van der Waals surface area contributed by atoms with E-state index in [0.29, 0.717) is 24.3 Å². The number of hydrogen-bond donors (Lipinski definition) is 2. The number of hydrogen-bond acceptors (Lipinski definition) is 6. The molecule has 2 rings (SSSR count). The number of carbonyl (C=O) groups excluding carboxylic acids is 1. The molecule has 154 valence electrons. The monoisotopic (exact) mass is 419 g/mol. The smallest absolute Gasteiger partial charge is 0.270 e. The predicted molar refractivity (Wildman–Crippen MR) is 109 cm³/mol. The van der Waals surface area contributed by atoms with E-state index >= 15 is 0 Å². The van der Waals surface area contributed by atoms with Crippen LogP contribution in [0.25, 0.3) is 6.08 Å². The molecular weight excluding hydrogens is 398 g/mol. The van der Waals surface area contributed by atoms with Gasteiger partial charge in [0, 0.05) is 44.2 Å². The van der Waals surface area contributed by atoms with Gasteiger partial charge in [-0.1, -0.05) is 12.1 Å². The van der Waals surface area contributed by atoms with Crippen LogP contribution in [0.3, 0.4) is 0 Å². The minimum atomic E-state index is -3.63. The van der Waals surface area contributed by atoms with Crippen molar-refractivity contribution in [2.75, 3.05) is 25.6 Å². The average molecular weight is 419 g/mol. The number of ether oxygens (including phenoxy) is 1. The lowest BCUT2D eigenvalue weighted by Crippen LogP contribution is -2.25. The fourth-order valence-electron chi connectivity index (χ4n) is 2.32. The molecule has 0 aliphatic heterocycles. The van der Waals surface area contributed by atoms with E-state index in [2.05, 4.69) is 10.0 Å². The van der Waals surface area contributed by atoms with Crippen LogP contribution in [0, 0.1) is 10.1 Å². The zero-order valence-electron chi connectivity index (χ0n) is 15.7. The molecule has 29 heavy (non-hydrogen) atoms. The highest BCUT2D eigenvalue weighted by atomic mass is 32.2. The normalized spacial score (nSPS) is 11.5. The van der Waals surface area contributed by atoms with E-state index in [1.165, 1.54) is 54.6 Å². The predicted octanol–water partition coefficient (Wildman–Crippen LogP) is 2.56. The zero-order valence-corrected chi connectivity index (χ0v) is 16.5. The van der Waals surface area contributed by atoms with Gasteiger partial charge in [0.1, 0.15) is 0 Å². The Morgan fingerprint density at radius 2 is 1.93 bits per heavy atom. The number of sulfonamides is 1. The first-order chi connectivity index (χ1) is 13.8. The van der Waals surface area contributed by atoms with Gasteiger partial charge in [-0.15, -0.1) is 0 Å². The Morgan fingerprint density at radius 3 is 2.59 bits per heavy atom. The minimum absolute atomic E-state index is 0.0693. The first-order valence-corrected chi connectivity index (χ1v) is 10.1. The fraction of sp³-hybridized carbons (Fsp3) is 0.211. The Hall–Kier alpha value is -3.08. The van der Waals surface area contributed by atoms with Crippen molar-refractivity contribution in [3.63, 3.8) is 0 Å². The third-order valence-corrected chi connectivity index (χ3v) is 5.23. The highest BCUT2D eigenvalue weighted by molar-refractivity contribution is 7.89. The molecule has 2 aromatic carbocycles. The molecule has 0 spiro atoms. The number of nitrogens with one attached hydrogen (secondary N) is 2. The van der Waals surface area contributed by atoms with Gasteiger partial charge in [-0.05, 0) is 42.3 Å². The number of anilines is 1. The van der Waals surface area contributed by atoms with Crippen LogP contribution in [0.5, 0.6) is 0 Å². The van der Waals surface area contributed by atoms with Gasteiger partial charge in [-0.3, -0.25) is 14.9 Å². The van der Waals surface area contributed by atoms with Crippen molar-refractivity contribution in [3.05, 3.63) is 70.3 Å². The van der Waals surface area contributed by atoms with Crippen molar-refractivity contribution in [1.82, 2.24) is 4.72 Å². The standard InChI is InChI=1S/C19H21N3O6S/c1-28-13-3-12-20-29(26,27)18-9-7-16(8-10-18)21-19(23)11-6-15-4-2-5-17(14-15)22(24)25/h2,4-11,14,20H,3,12-13H2,1H3,(H,21,23)/b11-6+. The summed E-state index contributed by atoms with van der Waals surface area (Å²) in [5.41, 5.74) is 0.854. The molecule has 9 nitrogen and oxygen atoms in total. The summed E-state index contributed by atoms with van der Waals surface area (Å²) >= 11 is 0. The lowest BCUT2D eigenvalue weighted by Gasteiger charge is -2.08. The lowest BCUT2D eigenvalue weighted by atomic mass is 10.2. The van der Waals surface area contributed by atoms with E-state index < -0.39 is 20.9 Å². The molecule has 0 aliphatic carbocycles. The molecule has 0 aromatic heterocycles. The van der Waals surface area contributed by atoms with Crippen LogP contribution in [0.1, 0.15) is 12.0 Å². The first kappa shape index (κ1) is 22.2. The Kier molecular flexibility index (Phi) is 8.01. The van der Waals surface area contributed by atoms with Crippen molar-refractivity contribution in [3.8, 4) is 0 Å². The van der Waals surface area contributed by atoms with Crippen molar-refractivity contribution in [2.45, 2.75) is 11.3 Å². The van der Waals surface area contributed by atoms with Crippen LogP contribution < -0.4 is 10.0 Å². The summed E-state index contributed by atoms with van der Waals surface area (Å²) in [6.45, 7) is 0.717. The molecule has 2 N–H and O–H groups in total. The molecule has 0 fully saturated rings. The second-order valence-corrected chi connectivity index (χ2v) is 7.71. The van der Waals surface area contributed by atoms with E-state index in [1.807, 2.05) is 0 Å². The molecule has 0 unspecified atom stereocenters. The first-order valence-electron chi connectivity index (χ1n) is 8.64. The van der Waals surface area contributed by atoms with Gasteiger partial charge in [0.25, 0.3) is 5.69 Å². The van der Waals surface area contributed by atoms with Crippen LogP contribution in [-0.2, 0) is 19.6 Å². The van der Waals surface area contributed by atoms with Gasteiger partial charge in [0.05, 0.1) is 9.82 Å². The Balaban J connectivity index is 1.96. The molecule has 0 aliphatic rings.